The fourth-order valence-electron chi connectivity index (χ4n) is 3.10. The number of carbonyl (C=O) groups excluding carboxylic acids is 2. The molecule has 30 heavy (non-hydrogen) atoms. The van der Waals surface area contributed by atoms with Crippen molar-refractivity contribution in [3.8, 4) is 0 Å². The van der Waals surface area contributed by atoms with Crippen molar-refractivity contribution < 1.29 is 9.59 Å². The Morgan fingerprint density at radius 3 is 2.50 bits per heavy atom. The van der Waals surface area contributed by atoms with Gasteiger partial charge in [-0.25, -0.2) is 4.98 Å². The Kier molecular flexibility index (Phi) is 7.11. The number of benzene rings is 2. The first-order valence-electron chi connectivity index (χ1n) is 10.1. The number of hydrogen-bond donors (Lipinski definition) is 2. The molecule has 1 aromatic heterocycles. The lowest BCUT2D eigenvalue weighted by molar-refractivity contribution is -0.116. The summed E-state index contributed by atoms with van der Waals surface area (Å²) in [5.74, 6) is 0.105. The van der Waals surface area contributed by atoms with E-state index in [-0.39, 0.29) is 17.6 Å². The summed E-state index contributed by atoms with van der Waals surface area (Å²) in [6, 6.07) is 13.9. The molecule has 0 atom stereocenters. The molecule has 0 saturated carbocycles. The van der Waals surface area contributed by atoms with Crippen molar-refractivity contribution in [2.75, 3.05) is 16.4 Å². The van der Waals surface area contributed by atoms with E-state index in [1.165, 1.54) is 17.3 Å². The SMILES string of the molecule is CCC(=O)Nc1cc(NC(=O)CSc2nc3ccc(C)cc3cc2CC)ccc1C. The normalized spacial score (nSPS) is 10.8. The van der Waals surface area contributed by atoms with Crippen molar-refractivity contribution in [2.24, 2.45) is 0 Å². The third kappa shape index (κ3) is 5.39. The molecular weight excluding hydrogens is 394 g/mol. The number of anilines is 2. The number of amides is 2. The van der Waals surface area contributed by atoms with Crippen LogP contribution in [0.15, 0.2) is 47.5 Å². The molecule has 0 fully saturated rings. The third-order valence-electron chi connectivity index (χ3n) is 4.85. The first-order chi connectivity index (χ1) is 14.4. The predicted molar refractivity (Wildman–Crippen MR) is 125 cm³/mol. The summed E-state index contributed by atoms with van der Waals surface area (Å²) < 4.78 is 0. The number of hydrogen-bond acceptors (Lipinski definition) is 4. The van der Waals surface area contributed by atoms with Crippen LogP contribution in [0.4, 0.5) is 11.4 Å². The number of nitrogens with one attached hydrogen (secondary N) is 2. The second-order valence-electron chi connectivity index (χ2n) is 7.27. The fourth-order valence-corrected chi connectivity index (χ4v) is 4.00. The molecule has 2 amide bonds. The lowest BCUT2D eigenvalue weighted by atomic mass is 10.1. The van der Waals surface area contributed by atoms with Crippen LogP contribution in [0, 0.1) is 13.8 Å². The third-order valence-corrected chi connectivity index (χ3v) is 5.88. The van der Waals surface area contributed by atoms with Gasteiger partial charge in [0.15, 0.2) is 0 Å². The predicted octanol–water partition coefficient (Wildman–Crippen LogP) is 5.49. The van der Waals surface area contributed by atoms with Crippen molar-refractivity contribution in [2.45, 2.75) is 45.6 Å². The maximum absolute atomic E-state index is 12.5. The standard InChI is InChI=1S/C24H27N3O2S/c1-5-17-12-18-11-15(3)7-10-20(18)27-24(17)30-14-23(29)25-19-9-8-16(4)21(13-19)26-22(28)6-2/h7-13H,5-6,14H2,1-4H3,(H,25,29)(H,26,28). The number of nitrogens with zero attached hydrogens (tertiary/aromatic N) is 1. The quantitative estimate of drug-likeness (QED) is 0.495. The zero-order chi connectivity index (χ0) is 21.7. The summed E-state index contributed by atoms with van der Waals surface area (Å²) in [5, 5.41) is 7.80. The lowest BCUT2D eigenvalue weighted by Gasteiger charge is -2.12. The summed E-state index contributed by atoms with van der Waals surface area (Å²) in [6.07, 6.45) is 1.27. The maximum atomic E-state index is 12.5. The second-order valence-corrected chi connectivity index (χ2v) is 8.23. The number of carbonyl (C=O) groups is 2. The second kappa shape index (κ2) is 9.76. The maximum Gasteiger partial charge on any atom is 0.234 e. The molecule has 6 heteroatoms. The van der Waals surface area contributed by atoms with Crippen LogP contribution in [0.1, 0.15) is 37.0 Å². The van der Waals surface area contributed by atoms with E-state index in [0.717, 1.165) is 33.5 Å². The van der Waals surface area contributed by atoms with Gasteiger partial charge >= 0.3 is 0 Å². The van der Waals surface area contributed by atoms with Gasteiger partial charge < -0.3 is 10.6 Å². The molecule has 5 nitrogen and oxygen atoms in total. The van der Waals surface area contributed by atoms with E-state index in [9.17, 15) is 9.59 Å². The van der Waals surface area contributed by atoms with Crippen LogP contribution in [0.25, 0.3) is 10.9 Å². The van der Waals surface area contributed by atoms with Gasteiger partial charge in [0.05, 0.1) is 11.3 Å². The van der Waals surface area contributed by atoms with Gasteiger partial charge in [-0.3, -0.25) is 9.59 Å². The first kappa shape index (κ1) is 21.8. The molecule has 2 N–H and O–H groups in total. The van der Waals surface area contributed by atoms with E-state index in [1.807, 2.05) is 25.1 Å². The van der Waals surface area contributed by atoms with Gasteiger partial charge in [0.1, 0.15) is 5.03 Å². The molecule has 3 rings (SSSR count). The molecule has 0 aliphatic carbocycles. The summed E-state index contributed by atoms with van der Waals surface area (Å²) in [5.41, 5.74) is 5.62. The summed E-state index contributed by atoms with van der Waals surface area (Å²) in [6.45, 7) is 7.90. The van der Waals surface area contributed by atoms with Gasteiger partial charge in [-0.1, -0.05) is 43.3 Å². The minimum Gasteiger partial charge on any atom is -0.326 e. The Morgan fingerprint density at radius 1 is 0.967 bits per heavy atom. The number of pyridine rings is 1. The molecule has 1 heterocycles. The molecule has 0 aliphatic heterocycles. The van der Waals surface area contributed by atoms with Gasteiger partial charge in [0, 0.05) is 23.2 Å². The van der Waals surface area contributed by atoms with E-state index >= 15 is 0 Å². The molecule has 2 aromatic carbocycles. The molecular formula is C24H27N3O2S. The van der Waals surface area contributed by atoms with Crippen LogP contribution in [-0.4, -0.2) is 22.6 Å². The van der Waals surface area contributed by atoms with Gasteiger partial charge in [-0.2, -0.15) is 0 Å². The average molecular weight is 422 g/mol. The highest BCUT2D eigenvalue weighted by Crippen LogP contribution is 2.27. The molecule has 0 bridgehead atoms. The minimum absolute atomic E-state index is 0.0539. The molecule has 3 aromatic rings. The topological polar surface area (TPSA) is 71.1 Å². The van der Waals surface area contributed by atoms with Gasteiger partial charge in [-0.05, 0) is 61.7 Å². The molecule has 0 spiro atoms. The van der Waals surface area contributed by atoms with Crippen molar-refractivity contribution in [1.82, 2.24) is 4.98 Å². The summed E-state index contributed by atoms with van der Waals surface area (Å²) in [4.78, 5) is 29.0. The van der Waals surface area contributed by atoms with E-state index in [2.05, 4.69) is 42.7 Å². The van der Waals surface area contributed by atoms with Crippen molar-refractivity contribution >= 4 is 45.9 Å². The number of thioether (sulfide) groups is 1. The number of aryl methyl sites for hydroxylation is 3. The van der Waals surface area contributed by atoms with Gasteiger partial charge in [-0.15, -0.1) is 0 Å². The van der Waals surface area contributed by atoms with Crippen LogP contribution in [0.3, 0.4) is 0 Å². The van der Waals surface area contributed by atoms with Crippen LogP contribution in [0.5, 0.6) is 0 Å². The van der Waals surface area contributed by atoms with Crippen molar-refractivity contribution in [1.29, 1.82) is 0 Å². The molecule has 0 radical (unpaired) electrons. The van der Waals surface area contributed by atoms with Crippen LogP contribution < -0.4 is 10.6 Å². The van der Waals surface area contributed by atoms with Crippen molar-refractivity contribution in [3.05, 3.63) is 59.2 Å². The van der Waals surface area contributed by atoms with Crippen LogP contribution >= 0.6 is 11.8 Å². The largest absolute Gasteiger partial charge is 0.326 e. The van der Waals surface area contributed by atoms with Crippen LogP contribution in [0.2, 0.25) is 0 Å². The summed E-state index contributed by atoms with van der Waals surface area (Å²) >= 11 is 1.45. The zero-order valence-electron chi connectivity index (χ0n) is 17.8. The highest BCUT2D eigenvalue weighted by molar-refractivity contribution is 8.00. The number of fused-ring (bicyclic) bond motifs is 1. The highest BCUT2D eigenvalue weighted by atomic mass is 32.2. The first-order valence-corrected chi connectivity index (χ1v) is 11.1. The molecule has 0 saturated heterocycles. The van der Waals surface area contributed by atoms with Gasteiger partial charge in [0.25, 0.3) is 0 Å². The number of aromatic nitrogens is 1. The van der Waals surface area contributed by atoms with E-state index in [4.69, 9.17) is 4.98 Å². The highest BCUT2D eigenvalue weighted by Gasteiger charge is 2.11. The Morgan fingerprint density at radius 2 is 1.77 bits per heavy atom. The Bertz CT molecular complexity index is 1100. The summed E-state index contributed by atoms with van der Waals surface area (Å²) in [7, 11) is 0. The monoisotopic (exact) mass is 421 g/mol. The molecule has 0 aliphatic rings. The Hall–Kier alpha value is -2.86. The van der Waals surface area contributed by atoms with E-state index in [1.54, 1.807) is 13.0 Å². The molecule has 156 valence electrons. The zero-order valence-corrected chi connectivity index (χ0v) is 18.7. The smallest absolute Gasteiger partial charge is 0.234 e. The van der Waals surface area contributed by atoms with E-state index < -0.39 is 0 Å². The molecule has 0 unspecified atom stereocenters. The average Bonchev–Trinajstić information content (AvgIpc) is 2.73. The van der Waals surface area contributed by atoms with Gasteiger partial charge in [0.2, 0.25) is 11.8 Å². The minimum atomic E-state index is -0.107. The lowest BCUT2D eigenvalue weighted by Crippen LogP contribution is -2.15. The van der Waals surface area contributed by atoms with Crippen LogP contribution in [-0.2, 0) is 16.0 Å². The fraction of sp³-hybridized carbons (Fsp3) is 0.292. The number of rotatable bonds is 7. The van der Waals surface area contributed by atoms with Crippen molar-refractivity contribution in [3.63, 3.8) is 0 Å². The van der Waals surface area contributed by atoms with E-state index in [0.29, 0.717) is 17.8 Å². The Balaban J connectivity index is 1.69. The Labute approximate surface area is 181 Å².